The average Bonchev–Trinajstić information content (AvgIpc) is 3.30. The Hall–Kier alpha value is -2.58. The summed E-state index contributed by atoms with van der Waals surface area (Å²) >= 11 is 1.67. The van der Waals surface area contributed by atoms with E-state index in [1.807, 2.05) is 36.7 Å². The lowest BCUT2D eigenvalue weighted by molar-refractivity contribution is -0.110. The summed E-state index contributed by atoms with van der Waals surface area (Å²) in [5, 5.41) is 16.2. The number of aromatic nitrogens is 2. The van der Waals surface area contributed by atoms with Crippen LogP contribution in [-0.4, -0.2) is 46.2 Å². The molecule has 32 heavy (non-hydrogen) atoms. The van der Waals surface area contributed by atoms with Gasteiger partial charge in [0.1, 0.15) is 11.5 Å². The van der Waals surface area contributed by atoms with Crippen LogP contribution >= 0.6 is 11.3 Å². The normalized spacial score (nSPS) is 17.6. The number of thiazole rings is 1. The molecule has 6 nitrogen and oxygen atoms in total. The summed E-state index contributed by atoms with van der Waals surface area (Å²) in [6.07, 6.45) is 3.74. The van der Waals surface area contributed by atoms with Crippen LogP contribution < -0.4 is 10.1 Å². The molecule has 0 spiro atoms. The molecule has 1 unspecified atom stereocenters. The number of piperidine rings is 1. The molecule has 1 saturated heterocycles. The van der Waals surface area contributed by atoms with Crippen molar-refractivity contribution in [1.82, 2.24) is 20.2 Å². The van der Waals surface area contributed by atoms with Gasteiger partial charge in [0.15, 0.2) is 0 Å². The summed E-state index contributed by atoms with van der Waals surface area (Å²) < 4.78 is 6.62. The minimum atomic E-state index is -1.08. The van der Waals surface area contributed by atoms with Crippen LogP contribution in [0.3, 0.4) is 0 Å². The van der Waals surface area contributed by atoms with Gasteiger partial charge in [-0.3, -0.25) is 9.88 Å². The zero-order valence-electron chi connectivity index (χ0n) is 18.4. The molecule has 0 saturated carbocycles. The van der Waals surface area contributed by atoms with Crippen molar-refractivity contribution < 1.29 is 9.84 Å². The summed E-state index contributed by atoms with van der Waals surface area (Å²) in [4.78, 5) is 11.0. The van der Waals surface area contributed by atoms with E-state index in [1.54, 1.807) is 24.6 Å². The molecule has 2 N–H and O–H groups in total. The Balaban J connectivity index is 1.25. The Morgan fingerprint density at radius 3 is 2.78 bits per heavy atom. The molecule has 0 amide bonds. The van der Waals surface area contributed by atoms with E-state index in [0.29, 0.717) is 6.04 Å². The fraction of sp³-hybridized carbons (Fsp3) is 0.360. The lowest BCUT2D eigenvalue weighted by Crippen LogP contribution is -2.51. The van der Waals surface area contributed by atoms with Crippen molar-refractivity contribution in [2.45, 2.75) is 38.1 Å². The van der Waals surface area contributed by atoms with Gasteiger partial charge in [-0.15, -0.1) is 11.3 Å². The Morgan fingerprint density at radius 1 is 1.12 bits per heavy atom. The monoisotopic (exact) mass is 448 g/mol. The van der Waals surface area contributed by atoms with Gasteiger partial charge in [-0.05, 0) is 61.7 Å². The van der Waals surface area contributed by atoms with Gasteiger partial charge in [-0.25, -0.2) is 4.98 Å². The predicted molar refractivity (Wildman–Crippen MR) is 129 cm³/mol. The van der Waals surface area contributed by atoms with Crippen molar-refractivity contribution in [2.24, 2.45) is 0 Å². The maximum absolute atomic E-state index is 11.6. The molecule has 3 heterocycles. The van der Waals surface area contributed by atoms with E-state index in [0.717, 1.165) is 60.2 Å². The number of hydrogen-bond donors (Lipinski definition) is 2. The highest BCUT2D eigenvalue weighted by atomic mass is 32.1. The first kappa shape index (κ1) is 21.3. The van der Waals surface area contributed by atoms with Gasteiger partial charge in [0.25, 0.3) is 0 Å². The quantitative estimate of drug-likeness (QED) is 0.459. The van der Waals surface area contributed by atoms with Crippen LogP contribution in [0.25, 0.3) is 21.1 Å². The molecule has 0 aliphatic carbocycles. The molecule has 0 bridgehead atoms. The first-order chi connectivity index (χ1) is 15.5. The van der Waals surface area contributed by atoms with Gasteiger partial charge >= 0.3 is 0 Å². The lowest BCUT2D eigenvalue weighted by atomic mass is 9.95. The Morgan fingerprint density at radius 2 is 1.97 bits per heavy atom. The van der Waals surface area contributed by atoms with Crippen molar-refractivity contribution in [1.29, 1.82) is 0 Å². The Bertz CT molecular complexity index is 1230. The standard InChI is InChI=1S/C25H28N4O2S/c1-25(30,21-7-10-26-22-5-4-19(31-2)14-20(21)22)29-11-8-18(9-12-29)27-15-17-3-6-24-23(13-17)28-16-32-24/h3-7,10,13-14,16,18,27,30H,8-9,11-12,15H2,1-2H3. The number of fused-ring (bicyclic) bond motifs is 2. The molecule has 2 aromatic heterocycles. The van der Waals surface area contributed by atoms with Gasteiger partial charge in [-0.2, -0.15) is 0 Å². The Kier molecular flexibility index (Phi) is 5.82. The van der Waals surface area contributed by atoms with Gasteiger partial charge < -0.3 is 15.2 Å². The summed E-state index contributed by atoms with van der Waals surface area (Å²) in [5.41, 5.74) is 4.87. The van der Waals surface area contributed by atoms with Crippen molar-refractivity contribution in [3.05, 3.63) is 65.3 Å². The largest absolute Gasteiger partial charge is 0.497 e. The number of hydrogen-bond acceptors (Lipinski definition) is 7. The molecular formula is C25H28N4O2S. The number of rotatable bonds is 6. The lowest BCUT2D eigenvalue weighted by Gasteiger charge is -2.42. The number of methoxy groups -OCH3 is 1. The van der Waals surface area contributed by atoms with Gasteiger partial charge in [-0.1, -0.05) is 6.07 Å². The molecule has 5 rings (SSSR count). The highest BCUT2D eigenvalue weighted by Gasteiger charge is 2.35. The Labute approximate surface area is 191 Å². The third-order valence-electron chi connectivity index (χ3n) is 6.56. The fourth-order valence-electron chi connectivity index (χ4n) is 4.63. The van der Waals surface area contributed by atoms with E-state index < -0.39 is 5.72 Å². The van der Waals surface area contributed by atoms with Crippen LogP contribution in [0.1, 0.15) is 30.9 Å². The number of likely N-dealkylation sites (tertiary alicyclic amines) is 1. The molecule has 2 aromatic carbocycles. The van der Waals surface area contributed by atoms with E-state index in [1.165, 1.54) is 10.3 Å². The fourth-order valence-corrected chi connectivity index (χ4v) is 5.29. The second-order valence-electron chi connectivity index (χ2n) is 8.56. The highest BCUT2D eigenvalue weighted by Crippen LogP contribution is 2.34. The molecular weight excluding hydrogens is 420 g/mol. The van der Waals surface area contributed by atoms with E-state index in [4.69, 9.17) is 4.74 Å². The number of pyridine rings is 1. The third-order valence-corrected chi connectivity index (χ3v) is 7.37. The molecule has 7 heteroatoms. The topological polar surface area (TPSA) is 70.5 Å². The number of nitrogens with one attached hydrogen (secondary N) is 1. The number of aliphatic hydroxyl groups is 1. The first-order valence-electron chi connectivity index (χ1n) is 11.0. The van der Waals surface area contributed by atoms with E-state index in [-0.39, 0.29) is 0 Å². The summed E-state index contributed by atoms with van der Waals surface area (Å²) in [5.74, 6) is 0.765. The summed E-state index contributed by atoms with van der Waals surface area (Å²) in [6.45, 7) is 4.37. The smallest absolute Gasteiger partial charge is 0.142 e. The highest BCUT2D eigenvalue weighted by molar-refractivity contribution is 7.16. The first-order valence-corrected chi connectivity index (χ1v) is 11.9. The number of ether oxygens (including phenoxy) is 1. The SMILES string of the molecule is COc1ccc2nccc(C(C)(O)N3CCC(NCc4ccc5scnc5c4)CC3)c2c1. The number of nitrogens with zero attached hydrogens (tertiary/aromatic N) is 3. The molecule has 0 radical (unpaired) electrons. The average molecular weight is 449 g/mol. The van der Waals surface area contributed by atoms with E-state index >= 15 is 0 Å². The minimum Gasteiger partial charge on any atom is -0.497 e. The molecule has 1 aliphatic rings. The van der Waals surface area contributed by atoms with Crippen LogP contribution in [0.2, 0.25) is 0 Å². The minimum absolute atomic E-state index is 0.433. The van der Waals surface area contributed by atoms with Crippen LogP contribution in [0.15, 0.2) is 54.2 Å². The third kappa shape index (κ3) is 4.09. The molecule has 4 aromatic rings. The molecule has 166 valence electrons. The predicted octanol–water partition coefficient (Wildman–Crippen LogP) is 4.27. The zero-order valence-corrected chi connectivity index (χ0v) is 19.2. The molecule has 1 atom stereocenters. The molecule has 1 fully saturated rings. The summed E-state index contributed by atoms with van der Waals surface area (Å²) in [7, 11) is 1.65. The van der Waals surface area contributed by atoms with Crippen LogP contribution in [0.4, 0.5) is 0 Å². The van der Waals surface area contributed by atoms with Crippen molar-refractivity contribution in [3.63, 3.8) is 0 Å². The summed E-state index contributed by atoms with van der Waals surface area (Å²) in [6, 6.07) is 14.6. The maximum Gasteiger partial charge on any atom is 0.142 e. The van der Waals surface area contributed by atoms with Crippen molar-refractivity contribution in [2.75, 3.05) is 20.2 Å². The second-order valence-corrected chi connectivity index (χ2v) is 9.45. The van der Waals surface area contributed by atoms with E-state index in [9.17, 15) is 5.11 Å². The van der Waals surface area contributed by atoms with Crippen LogP contribution in [-0.2, 0) is 12.3 Å². The maximum atomic E-state index is 11.6. The zero-order chi connectivity index (χ0) is 22.1. The van der Waals surface area contributed by atoms with Gasteiger partial charge in [0.05, 0.1) is 28.4 Å². The van der Waals surface area contributed by atoms with E-state index in [2.05, 4.69) is 38.4 Å². The van der Waals surface area contributed by atoms with Gasteiger partial charge in [0, 0.05) is 42.8 Å². The molecule has 1 aliphatic heterocycles. The number of benzene rings is 2. The van der Waals surface area contributed by atoms with Crippen LogP contribution in [0.5, 0.6) is 5.75 Å². The second kappa shape index (κ2) is 8.75. The van der Waals surface area contributed by atoms with Crippen molar-refractivity contribution in [3.8, 4) is 5.75 Å². The van der Waals surface area contributed by atoms with Gasteiger partial charge in [0.2, 0.25) is 0 Å². The van der Waals surface area contributed by atoms with Crippen LogP contribution in [0, 0.1) is 0 Å². The van der Waals surface area contributed by atoms with Crippen molar-refractivity contribution >= 4 is 32.5 Å².